The van der Waals surface area contributed by atoms with Gasteiger partial charge in [-0.2, -0.15) is 0 Å². The normalized spacial score (nSPS) is 10.3. The second-order valence-electron chi connectivity index (χ2n) is 4.22. The zero-order valence-corrected chi connectivity index (χ0v) is 11.2. The van der Waals surface area contributed by atoms with Gasteiger partial charge in [0.25, 0.3) is 5.91 Å². The van der Waals surface area contributed by atoms with Gasteiger partial charge in [0.2, 0.25) is 0 Å². The second kappa shape index (κ2) is 5.23. The molecule has 0 aliphatic heterocycles. The lowest BCUT2D eigenvalue weighted by Crippen LogP contribution is -2.22. The number of aryl methyl sites for hydroxylation is 2. The fourth-order valence-electron chi connectivity index (χ4n) is 1.67. The van der Waals surface area contributed by atoms with Crippen molar-refractivity contribution >= 4 is 17.2 Å². The van der Waals surface area contributed by atoms with Crippen molar-refractivity contribution in [3.8, 4) is 5.75 Å². The Kier molecular flexibility index (Phi) is 3.67. The van der Waals surface area contributed by atoms with Crippen molar-refractivity contribution in [1.82, 2.24) is 5.32 Å². The second-order valence-corrected chi connectivity index (χ2v) is 5.59. The molecule has 0 unspecified atom stereocenters. The predicted molar refractivity (Wildman–Crippen MR) is 73.1 cm³/mol. The topological polar surface area (TPSA) is 49.3 Å². The maximum absolute atomic E-state index is 11.9. The fourth-order valence-corrected chi connectivity index (χ4v) is 2.50. The maximum Gasteiger partial charge on any atom is 0.255 e. The van der Waals surface area contributed by atoms with E-state index in [9.17, 15) is 9.90 Å². The Balaban J connectivity index is 2.05. The molecule has 1 amide bonds. The number of rotatable bonds is 3. The van der Waals surface area contributed by atoms with Crippen molar-refractivity contribution in [3.63, 3.8) is 0 Å². The van der Waals surface area contributed by atoms with Gasteiger partial charge in [0.1, 0.15) is 5.75 Å². The number of carbonyl (C=O) groups is 1. The van der Waals surface area contributed by atoms with Crippen LogP contribution in [-0.4, -0.2) is 11.0 Å². The van der Waals surface area contributed by atoms with E-state index >= 15 is 0 Å². The van der Waals surface area contributed by atoms with Gasteiger partial charge in [-0.1, -0.05) is 11.6 Å². The molecule has 94 valence electrons. The number of phenols is 1. The zero-order valence-electron chi connectivity index (χ0n) is 10.4. The third-order valence-corrected chi connectivity index (χ3v) is 3.62. The van der Waals surface area contributed by atoms with E-state index in [1.807, 2.05) is 26.0 Å². The van der Waals surface area contributed by atoms with Crippen LogP contribution in [0.15, 0.2) is 30.3 Å². The molecule has 0 spiro atoms. The molecule has 2 aromatic rings. The summed E-state index contributed by atoms with van der Waals surface area (Å²) >= 11 is 1.66. The molecule has 1 aromatic heterocycles. The molecular weight excluding hydrogens is 246 g/mol. The van der Waals surface area contributed by atoms with Crippen LogP contribution in [0.3, 0.4) is 0 Å². The minimum Gasteiger partial charge on any atom is -0.507 e. The first-order valence-corrected chi connectivity index (χ1v) is 6.51. The summed E-state index contributed by atoms with van der Waals surface area (Å²) in [7, 11) is 0. The van der Waals surface area contributed by atoms with E-state index in [1.54, 1.807) is 29.5 Å². The first-order valence-electron chi connectivity index (χ1n) is 5.69. The quantitative estimate of drug-likeness (QED) is 0.892. The number of hydrogen-bond acceptors (Lipinski definition) is 3. The summed E-state index contributed by atoms with van der Waals surface area (Å²) < 4.78 is 0. The molecule has 0 aliphatic rings. The number of carbonyl (C=O) groups excluding carboxylic acids is 1. The summed E-state index contributed by atoms with van der Waals surface area (Å²) in [5.41, 5.74) is 1.27. The van der Waals surface area contributed by atoms with Crippen LogP contribution >= 0.6 is 11.3 Å². The van der Waals surface area contributed by atoms with Crippen molar-refractivity contribution in [1.29, 1.82) is 0 Å². The van der Waals surface area contributed by atoms with Gasteiger partial charge in [-0.3, -0.25) is 4.79 Å². The van der Waals surface area contributed by atoms with Crippen molar-refractivity contribution in [2.24, 2.45) is 0 Å². The molecule has 2 rings (SSSR count). The molecule has 1 aromatic carbocycles. The summed E-state index contributed by atoms with van der Waals surface area (Å²) in [6.07, 6.45) is 0. The lowest BCUT2D eigenvalue weighted by molar-refractivity contribution is 0.0948. The molecule has 4 heteroatoms. The van der Waals surface area contributed by atoms with Gasteiger partial charge in [0, 0.05) is 9.75 Å². The molecular formula is C14H15NO2S. The van der Waals surface area contributed by atoms with E-state index in [0.717, 1.165) is 10.4 Å². The Labute approximate surface area is 110 Å². The lowest BCUT2D eigenvalue weighted by Gasteiger charge is -2.06. The summed E-state index contributed by atoms with van der Waals surface area (Å²) in [5.74, 6) is -0.234. The average molecular weight is 261 g/mol. The third kappa shape index (κ3) is 2.90. The minimum atomic E-state index is -0.248. The first kappa shape index (κ1) is 12.6. The van der Waals surface area contributed by atoms with Crippen molar-refractivity contribution in [2.75, 3.05) is 0 Å². The summed E-state index contributed by atoms with van der Waals surface area (Å²) in [6, 6.07) is 9.02. The lowest BCUT2D eigenvalue weighted by atomic mass is 10.1. The van der Waals surface area contributed by atoms with E-state index in [1.165, 1.54) is 4.88 Å². The van der Waals surface area contributed by atoms with Gasteiger partial charge in [-0.25, -0.2) is 0 Å². The molecule has 0 fully saturated rings. The molecule has 0 bridgehead atoms. The Hall–Kier alpha value is -1.81. The SMILES string of the molecule is Cc1ccc(O)c(C(=O)NCc2ccc(C)s2)c1. The van der Waals surface area contributed by atoms with Crippen molar-refractivity contribution in [2.45, 2.75) is 20.4 Å². The van der Waals surface area contributed by atoms with Crippen molar-refractivity contribution in [3.05, 3.63) is 51.2 Å². The van der Waals surface area contributed by atoms with E-state index in [-0.39, 0.29) is 11.7 Å². The van der Waals surface area contributed by atoms with Gasteiger partial charge < -0.3 is 10.4 Å². The van der Waals surface area contributed by atoms with Crippen molar-refractivity contribution < 1.29 is 9.90 Å². The molecule has 18 heavy (non-hydrogen) atoms. The Morgan fingerprint density at radius 1 is 1.28 bits per heavy atom. The smallest absolute Gasteiger partial charge is 0.255 e. The van der Waals surface area contributed by atoms with Crippen LogP contribution in [0.1, 0.15) is 25.7 Å². The third-order valence-electron chi connectivity index (χ3n) is 2.62. The Morgan fingerprint density at radius 3 is 2.72 bits per heavy atom. The van der Waals surface area contributed by atoms with Gasteiger partial charge >= 0.3 is 0 Å². The molecule has 0 atom stereocenters. The summed E-state index contributed by atoms with van der Waals surface area (Å²) in [6.45, 7) is 4.41. The van der Waals surface area contributed by atoms with E-state index < -0.39 is 0 Å². The maximum atomic E-state index is 11.9. The fraction of sp³-hybridized carbons (Fsp3) is 0.214. The predicted octanol–water partition coefficient (Wildman–Crippen LogP) is 3.00. The van der Waals surface area contributed by atoms with Crippen LogP contribution in [0.25, 0.3) is 0 Å². The highest BCUT2D eigenvalue weighted by Gasteiger charge is 2.11. The van der Waals surface area contributed by atoms with E-state index in [2.05, 4.69) is 5.32 Å². The monoisotopic (exact) mass is 261 g/mol. The molecule has 2 N–H and O–H groups in total. The standard InChI is InChI=1S/C14H15NO2S/c1-9-3-6-13(16)12(7-9)14(17)15-8-11-5-4-10(2)18-11/h3-7,16H,8H2,1-2H3,(H,15,17). The largest absolute Gasteiger partial charge is 0.507 e. The number of nitrogens with one attached hydrogen (secondary N) is 1. The molecule has 0 aliphatic carbocycles. The highest BCUT2D eigenvalue weighted by Crippen LogP contribution is 2.19. The molecule has 1 heterocycles. The summed E-state index contributed by atoms with van der Waals surface area (Å²) in [5, 5.41) is 12.5. The molecule has 0 saturated heterocycles. The van der Waals surface area contributed by atoms with Gasteiger partial charge in [-0.05, 0) is 38.1 Å². The highest BCUT2D eigenvalue weighted by atomic mass is 32.1. The number of hydrogen-bond donors (Lipinski definition) is 2. The number of thiophene rings is 1. The highest BCUT2D eigenvalue weighted by molar-refractivity contribution is 7.11. The van der Waals surface area contributed by atoms with Crippen LogP contribution in [0.4, 0.5) is 0 Å². The zero-order chi connectivity index (χ0) is 13.1. The van der Waals surface area contributed by atoms with Crippen LogP contribution in [-0.2, 0) is 6.54 Å². The Morgan fingerprint density at radius 2 is 2.06 bits per heavy atom. The first-order chi connectivity index (χ1) is 8.56. The molecule has 0 saturated carbocycles. The van der Waals surface area contributed by atoms with E-state index in [0.29, 0.717) is 12.1 Å². The van der Waals surface area contributed by atoms with Gasteiger partial charge in [0.05, 0.1) is 12.1 Å². The Bertz CT molecular complexity index is 575. The number of benzene rings is 1. The van der Waals surface area contributed by atoms with Gasteiger partial charge in [-0.15, -0.1) is 11.3 Å². The minimum absolute atomic E-state index is 0.0143. The average Bonchev–Trinajstić information content (AvgIpc) is 2.75. The molecule has 3 nitrogen and oxygen atoms in total. The number of phenolic OH excluding ortho intramolecular Hbond substituents is 1. The van der Waals surface area contributed by atoms with Crippen LogP contribution in [0.2, 0.25) is 0 Å². The number of aromatic hydroxyl groups is 1. The summed E-state index contributed by atoms with van der Waals surface area (Å²) in [4.78, 5) is 14.3. The van der Waals surface area contributed by atoms with Crippen LogP contribution in [0.5, 0.6) is 5.75 Å². The van der Waals surface area contributed by atoms with Gasteiger partial charge in [0.15, 0.2) is 0 Å². The van der Waals surface area contributed by atoms with Crippen LogP contribution < -0.4 is 5.32 Å². The van der Waals surface area contributed by atoms with Crippen LogP contribution in [0, 0.1) is 13.8 Å². The van der Waals surface area contributed by atoms with E-state index in [4.69, 9.17) is 0 Å². The molecule has 0 radical (unpaired) electrons. The number of amides is 1.